The normalized spacial score (nSPS) is 15.2. The van der Waals surface area contributed by atoms with Gasteiger partial charge in [0.25, 0.3) is 0 Å². The lowest BCUT2D eigenvalue weighted by molar-refractivity contribution is -0.148. The largest absolute Gasteiger partial charge is 0.368 e. The molecule has 1 aliphatic rings. The van der Waals surface area contributed by atoms with Gasteiger partial charge in [-0.25, -0.2) is 0 Å². The van der Waals surface area contributed by atoms with Crippen LogP contribution in [0.5, 0.6) is 0 Å². The smallest absolute Gasteiger partial charge is 0.237 e. The lowest BCUT2D eigenvalue weighted by Crippen LogP contribution is -2.55. The fourth-order valence-corrected chi connectivity index (χ4v) is 3.30. The van der Waals surface area contributed by atoms with Crippen molar-refractivity contribution in [2.24, 2.45) is 5.41 Å². The Balaban J connectivity index is 1.87. The van der Waals surface area contributed by atoms with Crippen LogP contribution >= 0.6 is 0 Å². The summed E-state index contributed by atoms with van der Waals surface area (Å²) in [4.78, 5) is 31.7. The summed E-state index contributed by atoms with van der Waals surface area (Å²) in [5, 5.41) is 2.92. The van der Waals surface area contributed by atoms with Crippen molar-refractivity contribution in [2.45, 2.75) is 27.2 Å². The third-order valence-electron chi connectivity index (χ3n) is 5.10. The van der Waals surface area contributed by atoms with Gasteiger partial charge >= 0.3 is 0 Å². The molecule has 2 amide bonds. The van der Waals surface area contributed by atoms with Gasteiger partial charge in [-0.05, 0) is 65.5 Å². The number of nitrogens with one attached hydrogen (secondary N) is 1. The van der Waals surface area contributed by atoms with Crippen LogP contribution in [0.3, 0.4) is 0 Å². The molecular weight excluding hydrogens is 340 g/mol. The molecule has 0 aliphatic carbocycles. The first-order chi connectivity index (χ1) is 12.7. The monoisotopic (exact) mass is 374 g/mol. The highest BCUT2D eigenvalue weighted by atomic mass is 16.2. The number of amides is 2. The van der Waals surface area contributed by atoms with E-state index in [4.69, 9.17) is 0 Å². The number of aryl methyl sites for hydroxylation is 1. The van der Waals surface area contributed by atoms with Crippen LogP contribution < -0.4 is 10.2 Å². The molecule has 1 aliphatic heterocycles. The Morgan fingerprint density at radius 2 is 1.81 bits per heavy atom. The maximum absolute atomic E-state index is 12.9. The van der Waals surface area contributed by atoms with Crippen LogP contribution in [-0.2, 0) is 9.59 Å². The third-order valence-corrected chi connectivity index (χ3v) is 5.10. The first-order valence-electron chi connectivity index (χ1n) is 9.76. The van der Waals surface area contributed by atoms with Crippen LogP contribution in [0, 0.1) is 12.3 Å². The molecule has 0 unspecified atom stereocenters. The van der Waals surface area contributed by atoms with E-state index in [1.165, 1.54) is 11.3 Å². The molecule has 150 valence electrons. The molecule has 0 spiro atoms. The Morgan fingerprint density at radius 3 is 2.41 bits per heavy atom. The fourth-order valence-electron chi connectivity index (χ4n) is 3.30. The van der Waals surface area contributed by atoms with Gasteiger partial charge in [0.15, 0.2) is 0 Å². The van der Waals surface area contributed by atoms with Gasteiger partial charge in [0.1, 0.15) is 5.41 Å². The summed E-state index contributed by atoms with van der Waals surface area (Å²) in [5.41, 5.74) is 1.39. The van der Waals surface area contributed by atoms with E-state index in [1.807, 2.05) is 19.0 Å². The van der Waals surface area contributed by atoms with E-state index in [-0.39, 0.29) is 11.8 Å². The van der Waals surface area contributed by atoms with E-state index in [9.17, 15) is 9.59 Å². The van der Waals surface area contributed by atoms with Crippen molar-refractivity contribution in [2.75, 3.05) is 58.3 Å². The van der Waals surface area contributed by atoms with Gasteiger partial charge in [-0.3, -0.25) is 9.59 Å². The molecule has 1 aromatic rings. The molecule has 1 heterocycles. The average molecular weight is 375 g/mol. The lowest BCUT2D eigenvalue weighted by atomic mass is 9.90. The highest BCUT2D eigenvalue weighted by molar-refractivity contribution is 6.04. The van der Waals surface area contributed by atoms with Crippen LogP contribution in [0.25, 0.3) is 0 Å². The predicted octanol–water partition coefficient (Wildman–Crippen LogP) is 1.74. The second kappa shape index (κ2) is 9.22. The van der Waals surface area contributed by atoms with E-state index < -0.39 is 5.41 Å². The standard InChI is InChI=1S/C21H34N4O2/c1-17-8-6-9-18(16-17)24-12-14-25(15-13-24)20(27)21(2,3)19(26)22-10-7-11-23(4)5/h6,8-9,16H,7,10-15H2,1-5H3,(H,22,26). The van der Waals surface area contributed by atoms with E-state index in [2.05, 4.69) is 46.3 Å². The molecule has 1 fully saturated rings. The van der Waals surface area contributed by atoms with E-state index in [1.54, 1.807) is 13.8 Å². The SMILES string of the molecule is Cc1cccc(N2CCN(C(=O)C(C)(C)C(=O)NCCCN(C)C)CC2)c1. The minimum absolute atomic E-state index is 0.0866. The number of rotatable bonds is 7. The molecule has 1 saturated heterocycles. The van der Waals surface area contributed by atoms with Crippen molar-refractivity contribution >= 4 is 17.5 Å². The highest BCUT2D eigenvalue weighted by Crippen LogP contribution is 2.23. The molecule has 6 nitrogen and oxygen atoms in total. The summed E-state index contributed by atoms with van der Waals surface area (Å²) < 4.78 is 0. The van der Waals surface area contributed by atoms with Crippen molar-refractivity contribution < 1.29 is 9.59 Å². The van der Waals surface area contributed by atoms with Gasteiger partial charge in [-0.15, -0.1) is 0 Å². The number of anilines is 1. The summed E-state index contributed by atoms with van der Waals surface area (Å²) in [5.74, 6) is -0.274. The molecule has 2 rings (SSSR count). The van der Waals surface area contributed by atoms with Crippen LogP contribution in [0.4, 0.5) is 5.69 Å². The Hall–Kier alpha value is -2.08. The molecule has 1 N–H and O–H groups in total. The Morgan fingerprint density at radius 1 is 1.15 bits per heavy atom. The average Bonchev–Trinajstić information content (AvgIpc) is 2.64. The maximum Gasteiger partial charge on any atom is 0.237 e. The van der Waals surface area contributed by atoms with Crippen molar-refractivity contribution in [1.82, 2.24) is 15.1 Å². The number of hydrogen-bond acceptors (Lipinski definition) is 4. The number of nitrogens with zero attached hydrogens (tertiary/aromatic N) is 3. The summed E-state index contributed by atoms with van der Waals surface area (Å²) in [7, 11) is 4.01. The van der Waals surface area contributed by atoms with Gasteiger partial charge in [-0.2, -0.15) is 0 Å². The molecule has 0 saturated carbocycles. The second-order valence-corrected chi connectivity index (χ2v) is 8.16. The topological polar surface area (TPSA) is 55.9 Å². The summed E-state index contributed by atoms with van der Waals surface area (Å²) >= 11 is 0. The van der Waals surface area contributed by atoms with Gasteiger partial charge in [0.2, 0.25) is 11.8 Å². The van der Waals surface area contributed by atoms with E-state index >= 15 is 0 Å². The second-order valence-electron chi connectivity index (χ2n) is 8.16. The van der Waals surface area contributed by atoms with E-state index in [0.29, 0.717) is 19.6 Å². The predicted molar refractivity (Wildman–Crippen MR) is 110 cm³/mol. The van der Waals surface area contributed by atoms with Crippen LogP contribution in [0.2, 0.25) is 0 Å². The van der Waals surface area contributed by atoms with Crippen LogP contribution in [0.15, 0.2) is 24.3 Å². The van der Waals surface area contributed by atoms with Crippen molar-refractivity contribution in [3.63, 3.8) is 0 Å². The van der Waals surface area contributed by atoms with Crippen molar-refractivity contribution in [3.8, 4) is 0 Å². The molecule has 1 aromatic carbocycles. The molecule has 0 atom stereocenters. The minimum Gasteiger partial charge on any atom is -0.368 e. The molecular formula is C21H34N4O2. The van der Waals surface area contributed by atoms with Crippen LogP contribution in [-0.4, -0.2) is 75.0 Å². The fraction of sp³-hybridized carbons (Fsp3) is 0.619. The van der Waals surface area contributed by atoms with Gasteiger partial charge < -0.3 is 20.0 Å². The first-order valence-corrected chi connectivity index (χ1v) is 9.76. The van der Waals surface area contributed by atoms with Gasteiger partial charge in [0.05, 0.1) is 0 Å². The molecule has 27 heavy (non-hydrogen) atoms. The van der Waals surface area contributed by atoms with Crippen LogP contribution in [0.1, 0.15) is 25.8 Å². The lowest BCUT2D eigenvalue weighted by Gasteiger charge is -2.39. The molecule has 0 aromatic heterocycles. The number of benzene rings is 1. The minimum atomic E-state index is -1.04. The zero-order valence-electron chi connectivity index (χ0n) is 17.4. The summed E-state index contributed by atoms with van der Waals surface area (Å²) in [6, 6.07) is 8.42. The first kappa shape index (κ1) is 21.2. The third kappa shape index (κ3) is 5.70. The molecule has 6 heteroatoms. The number of carbonyl (C=O) groups excluding carboxylic acids is 2. The highest BCUT2D eigenvalue weighted by Gasteiger charge is 2.39. The summed E-state index contributed by atoms with van der Waals surface area (Å²) in [6.07, 6.45) is 0.873. The zero-order chi connectivity index (χ0) is 20.0. The number of piperazine rings is 1. The molecule has 0 bridgehead atoms. The quantitative estimate of drug-likeness (QED) is 0.583. The van der Waals surface area contributed by atoms with Gasteiger partial charge in [0, 0.05) is 38.4 Å². The maximum atomic E-state index is 12.9. The van der Waals surface area contributed by atoms with E-state index in [0.717, 1.165) is 26.1 Å². The zero-order valence-corrected chi connectivity index (χ0v) is 17.4. The number of carbonyl (C=O) groups is 2. The Bertz CT molecular complexity index is 649. The number of hydrogen-bond donors (Lipinski definition) is 1. The summed E-state index contributed by atoms with van der Waals surface area (Å²) in [6.45, 7) is 9.90. The Labute approximate surface area is 163 Å². The van der Waals surface area contributed by atoms with Crippen molar-refractivity contribution in [1.29, 1.82) is 0 Å². The molecule has 0 radical (unpaired) electrons. The van der Waals surface area contributed by atoms with Crippen molar-refractivity contribution in [3.05, 3.63) is 29.8 Å². The van der Waals surface area contributed by atoms with Gasteiger partial charge in [-0.1, -0.05) is 12.1 Å². The Kier molecular flexibility index (Phi) is 7.25.